The number of nitrogens with zero attached hydrogens (tertiary/aromatic N) is 2. The molecule has 0 aliphatic rings. The molecule has 2 heterocycles. The van der Waals surface area contributed by atoms with Gasteiger partial charge in [-0.3, -0.25) is 4.79 Å². The van der Waals surface area contributed by atoms with Crippen LogP contribution in [0.1, 0.15) is 15.9 Å². The van der Waals surface area contributed by atoms with Gasteiger partial charge >= 0.3 is 6.18 Å². The lowest BCUT2D eigenvalue weighted by Gasteiger charge is -2.17. The number of hydrogen-bond acceptors (Lipinski definition) is 6. The second-order valence-electron chi connectivity index (χ2n) is 8.24. The van der Waals surface area contributed by atoms with E-state index in [1.54, 1.807) is 49.5 Å². The zero-order chi connectivity index (χ0) is 25.9. The van der Waals surface area contributed by atoms with Crippen LogP contribution in [0.3, 0.4) is 0 Å². The lowest BCUT2D eigenvalue weighted by molar-refractivity contribution is -0.138. The Kier molecular flexibility index (Phi) is 7.02. The van der Waals surface area contributed by atoms with E-state index in [0.29, 0.717) is 23.0 Å². The van der Waals surface area contributed by atoms with E-state index < -0.39 is 17.6 Å². The first-order valence-corrected chi connectivity index (χ1v) is 10.9. The SMILES string of the molecule is CN(C)CCOc1cc(NC(=O)c2cccnc2Nc2cccc3c(O)[nH]cc23)ccc1C(F)(F)F. The Bertz CT molecular complexity index is 1390. The standard InChI is InChI=1S/C25H24F3N5O3/c1-33(2)11-12-36-21-13-15(8-9-19(21)25(26,27)28)31-24(35)17-6-4-10-29-22(17)32-20-7-3-5-16-18(20)14-30-23(16)34/h3-10,13-14,30,34H,11-12H2,1-2H3,(H,29,32)(H,31,35). The number of nitrogens with one attached hydrogen (secondary N) is 3. The maximum Gasteiger partial charge on any atom is 0.419 e. The van der Waals surface area contributed by atoms with Gasteiger partial charge < -0.3 is 30.4 Å². The number of hydrogen-bond donors (Lipinski definition) is 4. The first-order valence-electron chi connectivity index (χ1n) is 10.9. The highest BCUT2D eigenvalue weighted by Gasteiger charge is 2.34. The Morgan fingerprint density at radius 1 is 1.14 bits per heavy atom. The number of alkyl halides is 3. The summed E-state index contributed by atoms with van der Waals surface area (Å²) < 4.78 is 45.7. The normalized spacial score (nSPS) is 11.6. The largest absolute Gasteiger partial charge is 0.494 e. The van der Waals surface area contributed by atoms with Crippen LogP contribution in [0.25, 0.3) is 10.8 Å². The Balaban J connectivity index is 1.58. The summed E-state index contributed by atoms with van der Waals surface area (Å²) in [6, 6.07) is 11.6. The van der Waals surface area contributed by atoms with E-state index in [9.17, 15) is 23.1 Å². The quantitative estimate of drug-likeness (QED) is 0.265. The number of halogens is 3. The molecule has 0 spiro atoms. The van der Waals surface area contributed by atoms with Crippen molar-refractivity contribution >= 4 is 33.9 Å². The monoisotopic (exact) mass is 499 g/mol. The van der Waals surface area contributed by atoms with Gasteiger partial charge in [-0.25, -0.2) is 4.98 Å². The molecule has 8 nitrogen and oxygen atoms in total. The number of carbonyl (C=O) groups excluding carboxylic acids is 1. The van der Waals surface area contributed by atoms with Crippen LogP contribution < -0.4 is 15.4 Å². The van der Waals surface area contributed by atoms with Gasteiger partial charge in [-0.05, 0) is 50.5 Å². The van der Waals surface area contributed by atoms with Crippen LogP contribution in [0.15, 0.2) is 60.9 Å². The Labute approximate surface area is 204 Å². The number of fused-ring (bicyclic) bond motifs is 1. The predicted octanol–water partition coefficient (Wildman–Crippen LogP) is 5.22. The molecule has 0 radical (unpaired) electrons. The number of anilines is 3. The lowest BCUT2D eigenvalue weighted by atomic mass is 10.1. The average molecular weight is 499 g/mol. The number of aromatic amines is 1. The maximum atomic E-state index is 13.5. The van der Waals surface area contributed by atoms with Gasteiger partial charge in [-0.2, -0.15) is 13.2 Å². The second kappa shape index (κ2) is 10.2. The van der Waals surface area contributed by atoms with E-state index in [1.807, 2.05) is 0 Å². The Morgan fingerprint density at radius 2 is 1.94 bits per heavy atom. The summed E-state index contributed by atoms with van der Waals surface area (Å²) in [7, 11) is 3.56. The number of benzene rings is 2. The van der Waals surface area contributed by atoms with Crippen LogP contribution in [0.4, 0.5) is 30.4 Å². The summed E-state index contributed by atoms with van der Waals surface area (Å²) in [6.45, 7) is 0.467. The number of pyridine rings is 1. The van der Waals surface area contributed by atoms with Crippen molar-refractivity contribution in [2.75, 3.05) is 37.9 Å². The Morgan fingerprint density at radius 3 is 2.69 bits per heavy atom. The molecule has 188 valence electrons. The third-order valence-corrected chi connectivity index (χ3v) is 5.36. The van der Waals surface area contributed by atoms with E-state index in [2.05, 4.69) is 20.6 Å². The van der Waals surface area contributed by atoms with Crippen molar-refractivity contribution in [3.8, 4) is 11.6 Å². The van der Waals surface area contributed by atoms with Gasteiger partial charge in [0.05, 0.1) is 11.1 Å². The summed E-state index contributed by atoms with van der Waals surface area (Å²) >= 11 is 0. The highest BCUT2D eigenvalue weighted by molar-refractivity contribution is 6.08. The molecule has 0 aliphatic heterocycles. The van der Waals surface area contributed by atoms with Crippen molar-refractivity contribution < 1.29 is 27.8 Å². The van der Waals surface area contributed by atoms with E-state index in [-0.39, 0.29) is 35.3 Å². The minimum atomic E-state index is -4.61. The number of H-pyrrole nitrogens is 1. The van der Waals surface area contributed by atoms with Crippen LogP contribution >= 0.6 is 0 Å². The topological polar surface area (TPSA) is 103 Å². The number of carbonyl (C=O) groups is 1. The zero-order valence-corrected chi connectivity index (χ0v) is 19.5. The molecular weight excluding hydrogens is 475 g/mol. The molecule has 1 amide bonds. The minimum absolute atomic E-state index is 0.0125. The van der Waals surface area contributed by atoms with Gasteiger partial charge in [0.2, 0.25) is 0 Å². The number of ether oxygens (including phenoxy) is 1. The van der Waals surface area contributed by atoms with Crippen LogP contribution in [0.5, 0.6) is 11.6 Å². The lowest BCUT2D eigenvalue weighted by Crippen LogP contribution is -2.20. The predicted molar refractivity (Wildman–Crippen MR) is 131 cm³/mol. The fourth-order valence-electron chi connectivity index (χ4n) is 3.56. The molecule has 0 unspecified atom stereocenters. The third kappa shape index (κ3) is 5.52. The van der Waals surface area contributed by atoms with Crippen LogP contribution in [-0.4, -0.2) is 53.1 Å². The Hall–Kier alpha value is -4.25. The molecule has 4 rings (SSSR count). The van der Waals surface area contributed by atoms with E-state index in [1.165, 1.54) is 18.3 Å². The molecule has 0 saturated heterocycles. The van der Waals surface area contributed by atoms with Crippen molar-refractivity contribution in [1.29, 1.82) is 0 Å². The van der Waals surface area contributed by atoms with Gasteiger partial charge in [0.25, 0.3) is 5.91 Å². The molecule has 4 N–H and O–H groups in total. The molecule has 11 heteroatoms. The molecule has 4 aromatic rings. The summed E-state index contributed by atoms with van der Waals surface area (Å²) in [5.74, 6) is -0.699. The molecule has 0 fully saturated rings. The summed E-state index contributed by atoms with van der Waals surface area (Å²) in [6.07, 6.45) is -1.48. The molecule has 2 aromatic carbocycles. The maximum absolute atomic E-state index is 13.5. The molecule has 0 saturated carbocycles. The summed E-state index contributed by atoms with van der Waals surface area (Å²) in [4.78, 5) is 21.8. The van der Waals surface area contributed by atoms with E-state index in [4.69, 9.17) is 4.74 Å². The van der Waals surface area contributed by atoms with Gasteiger partial charge in [0.15, 0.2) is 5.88 Å². The van der Waals surface area contributed by atoms with Gasteiger partial charge in [-0.1, -0.05) is 6.07 Å². The van der Waals surface area contributed by atoms with Crippen LogP contribution in [0.2, 0.25) is 0 Å². The number of amides is 1. The van der Waals surface area contributed by atoms with Crippen molar-refractivity contribution in [1.82, 2.24) is 14.9 Å². The number of likely N-dealkylation sites (N-methyl/N-ethyl adjacent to an activating group) is 1. The molecule has 0 bridgehead atoms. The fraction of sp³-hybridized carbons (Fsp3) is 0.200. The summed E-state index contributed by atoms with van der Waals surface area (Å²) in [5, 5.41) is 16.9. The molecule has 0 aliphatic carbocycles. The van der Waals surface area contributed by atoms with Gasteiger partial charge in [0, 0.05) is 47.2 Å². The minimum Gasteiger partial charge on any atom is -0.494 e. The van der Waals surface area contributed by atoms with Crippen molar-refractivity contribution in [2.45, 2.75) is 6.18 Å². The highest BCUT2D eigenvalue weighted by Crippen LogP contribution is 2.38. The van der Waals surface area contributed by atoms with Crippen molar-refractivity contribution in [2.24, 2.45) is 0 Å². The third-order valence-electron chi connectivity index (χ3n) is 5.36. The van der Waals surface area contributed by atoms with Crippen molar-refractivity contribution in [3.63, 3.8) is 0 Å². The highest BCUT2D eigenvalue weighted by atomic mass is 19.4. The number of aromatic hydroxyl groups is 1. The first-order chi connectivity index (χ1) is 17.1. The molecule has 36 heavy (non-hydrogen) atoms. The number of rotatable bonds is 8. The second-order valence-corrected chi connectivity index (χ2v) is 8.24. The molecular formula is C25H24F3N5O3. The number of aromatic nitrogens is 2. The summed E-state index contributed by atoms with van der Waals surface area (Å²) in [5.41, 5.74) is -0.0155. The average Bonchev–Trinajstić information content (AvgIpc) is 3.20. The zero-order valence-electron chi connectivity index (χ0n) is 19.5. The fourth-order valence-corrected chi connectivity index (χ4v) is 3.56. The first kappa shape index (κ1) is 24.9. The molecule has 2 aromatic heterocycles. The van der Waals surface area contributed by atoms with Gasteiger partial charge in [0.1, 0.15) is 18.2 Å². The van der Waals surface area contributed by atoms with E-state index in [0.717, 1.165) is 12.1 Å². The van der Waals surface area contributed by atoms with E-state index >= 15 is 0 Å². The van der Waals surface area contributed by atoms with Gasteiger partial charge in [-0.15, -0.1) is 0 Å². The van der Waals surface area contributed by atoms with Crippen LogP contribution in [-0.2, 0) is 6.18 Å². The smallest absolute Gasteiger partial charge is 0.419 e. The molecule has 0 atom stereocenters. The van der Waals surface area contributed by atoms with Crippen molar-refractivity contribution in [3.05, 3.63) is 72.1 Å². The van der Waals surface area contributed by atoms with Crippen LogP contribution in [0, 0.1) is 0 Å².